The summed E-state index contributed by atoms with van der Waals surface area (Å²) in [5.74, 6) is 0.847. The Labute approximate surface area is 144 Å². The lowest BCUT2D eigenvalue weighted by atomic mass is 9.83. The minimum atomic E-state index is -0.844. The fourth-order valence-electron chi connectivity index (χ4n) is 3.58. The number of nitrogens with one attached hydrogen (secondary N) is 1. The predicted molar refractivity (Wildman–Crippen MR) is 94.0 cm³/mol. The zero-order valence-corrected chi connectivity index (χ0v) is 13.8. The van der Waals surface area contributed by atoms with Gasteiger partial charge < -0.3 is 14.5 Å². The Morgan fingerprint density at radius 1 is 1.24 bits per heavy atom. The third kappa shape index (κ3) is 2.50. The van der Waals surface area contributed by atoms with Crippen molar-refractivity contribution in [2.45, 2.75) is 18.9 Å². The van der Waals surface area contributed by atoms with Crippen LogP contribution < -0.4 is 9.47 Å². The first kappa shape index (κ1) is 15.5. The summed E-state index contributed by atoms with van der Waals surface area (Å²) >= 11 is 0. The van der Waals surface area contributed by atoms with Crippen molar-refractivity contribution in [3.63, 3.8) is 0 Å². The quantitative estimate of drug-likeness (QED) is 0.581. The molecule has 0 unspecified atom stereocenters. The fourth-order valence-corrected chi connectivity index (χ4v) is 3.58. The van der Waals surface area contributed by atoms with Crippen molar-refractivity contribution < 1.29 is 14.4 Å². The van der Waals surface area contributed by atoms with E-state index in [0.717, 1.165) is 22.0 Å². The summed E-state index contributed by atoms with van der Waals surface area (Å²) in [5, 5.41) is 12.7. The summed E-state index contributed by atoms with van der Waals surface area (Å²) in [6, 6.07) is 12.6. The van der Waals surface area contributed by atoms with Gasteiger partial charge in [0, 0.05) is 27.6 Å². The van der Waals surface area contributed by atoms with Gasteiger partial charge in [0.05, 0.1) is 12.5 Å². The molecule has 0 fully saturated rings. The molecule has 1 N–H and O–H groups in total. The molecule has 6 heteroatoms. The van der Waals surface area contributed by atoms with Gasteiger partial charge in [0.15, 0.2) is 18.1 Å². The topological polar surface area (TPSA) is 77.4 Å². The van der Waals surface area contributed by atoms with Crippen LogP contribution in [0.3, 0.4) is 0 Å². The maximum atomic E-state index is 11.7. The highest BCUT2D eigenvalue weighted by molar-refractivity contribution is 5.84. The molecule has 0 amide bonds. The normalized spacial score (nSPS) is 19.2. The molecule has 4 rings (SSSR count). The SMILES string of the molecule is CCOc1cccc2c1OC[C@H]([N+](=O)[O-])[C@H]2c1c[nH]c2ccccc12. The van der Waals surface area contributed by atoms with Crippen LogP contribution in [0.1, 0.15) is 24.0 Å². The van der Waals surface area contributed by atoms with Crippen LogP contribution in [0.15, 0.2) is 48.7 Å². The molecule has 1 aromatic heterocycles. The van der Waals surface area contributed by atoms with Crippen LogP contribution in [0.4, 0.5) is 0 Å². The molecule has 0 saturated carbocycles. The molecule has 0 radical (unpaired) electrons. The largest absolute Gasteiger partial charge is 0.490 e. The van der Waals surface area contributed by atoms with Crippen molar-refractivity contribution in [2.75, 3.05) is 13.2 Å². The number of fused-ring (bicyclic) bond motifs is 2. The molecule has 1 aliphatic heterocycles. The third-order valence-electron chi connectivity index (χ3n) is 4.65. The molecular formula is C19H18N2O4. The number of rotatable bonds is 4. The summed E-state index contributed by atoms with van der Waals surface area (Å²) < 4.78 is 11.4. The highest BCUT2D eigenvalue weighted by Gasteiger charge is 2.42. The van der Waals surface area contributed by atoms with E-state index in [2.05, 4.69) is 4.98 Å². The van der Waals surface area contributed by atoms with Crippen LogP contribution in [-0.2, 0) is 0 Å². The van der Waals surface area contributed by atoms with E-state index in [-0.39, 0.29) is 11.5 Å². The van der Waals surface area contributed by atoms with Crippen LogP contribution in [0.25, 0.3) is 10.9 Å². The van der Waals surface area contributed by atoms with Gasteiger partial charge in [-0.1, -0.05) is 30.3 Å². The molecule has 1 aliphatic rings. The minimum Gasteiger partial charge on any atom is -0.490 e. The average molecular weight is 338 g/mol. The van der Waals surface area contributed by atoms with Crippen LogP contribution in [0, 0.1) is 10.1 Å². The van der Waals surface area contributed by atoms with Crippen molar-refractivity contribution in [1.82, 2.24) is 4.98 Å². The zero-order valence-electron chi connectivity index (χ0n) is 13.8. The van der Waals surface area contributed by atoms with E-state index in [1.165, 1.54) is 0 Å². The lowest BCUT2D eigenvalue weighted by molar-refractivity contribution is -0.528. The van der Waals surface area contributed by atoms with E-state index in [1.54, 1.807) is 0 Å². The van der Waals surface area contributed by atoms with Crippen LogP contribution in [-0.4, -0.2) is 29.2 Å². The number of benzene rings is 2. The smallest absolute Gasteiger partial charge is 0.257 e. The van der Waals surface area contributed by atoms with Gasteiger partial charge >= 0.3 is 0 Å². The fraction of sp³-hybridized carbons (Fsp3) is 0.263. The van der Waals surface area contributed by atoms with Gasteiger partial charge in [0.1, 0.15) is 0 Å². The number of H-pyrrole nitrogens is 1. The number of nitro groups is 1. The van der Waals surface area contributed by atoms with E-state index in [4.69, 9.17) is 9.47 Å². The summed E-state index contributed by atoms with van der Waals surface area (Å²) in [6.07, 6.45) is 1.87. The molecule has 0 bridgehead atoms. The average Bonchev–Trinajstić information content (AvgIpc) is 3.05. The lowest BCUT2D eigenvalue weighted by Crippen LogP contribution is -2.37. The van der Waals surface area contributed by atoms with E-state index in [9.17, 15) is 10.1 Å². The molecule has 2 heterocycles. The summed E-state index contributed by atoms with van der Waals surface area (Å²) in [4.78, 5) is 14.7. The second kappa shape index (κ2) is 6.12. The van der Waals surface area contributed by atoms with Crippen molar-refractivity contribution in [1.29, 1.82) is 0 Å². The van der Waals surface area contributed by atoms with Gasteiger partial charge in [-0.05, 0) is 24.6 Å². The Hall–Kier alpha value is -3.02. The first-order chi connectivity index (χ1) is 12.2. The van der Waals surface area contributed by atoms with Crippen LogP contribution in [0.2, 0.25) is 0 Å². The van der Waals surface area contributed by atoms with Gasteiger partial charge in [0.2, 0.25) is 0 Å². The van der Waals surface area contributed by atoms with Crippen LogP contribution >= 0.6 is 0 Å². The highest BCUT2D eigenvalue weighted by atomic mass is 16.6. The van der Waals surface area contributed by atoms with Crippen molar-refractivity contribution in [3.8, 4) is 11.5 Å². The number of aromatic amines is 1. The number of aromatic nitrogens is 1. The Morgan fingerprint density at radius 2 is 2.08 bits per heavy atom. The summed E-state index contributed by atoms with van der Waals surface area (Å²) in [6.45, 7) is 2.43. The highest BCUT2D eigenvalue weighted by Crippen LogP contribution is 2.45. The van der Waals surface area contributed by atoms with Crippen LogP contribution in [0.5, 0.6) is 11.5 Å². The lowest BCUT2D eigenvalue weighted by Gasteiger charge is -2.29. The zero-order chi connectivity index (χ0) is 17.4. The Morgan fingerprint density at radius 3 is 2.88 bits per heavy atom. The van der Waals surface area contributed by atoms with Gasteiger partial charge in [-0.15, -0.1) is 0 Å². The summed E-state index contributed by atoms with van der Waals surface area (Å²) in [5.41, 5.74) is 2.67. The molecule has 0 spiro atoms. The molecule has 3 aromatic rings. The van der Waals surface area contributed by atoms with E-state index < -0.39 is 12.0 Å². The van der Waals surface area contributed by atoms with E-state index in [0.29, 0.717) is 18.1 Å². The molecule has 2 atom stereocenters. The number of hydrogen-bond acceptors (Lipinski definition) is 4. The standard InChI is InChI=1S/C19H18N2O4/c1-2-24-17-9-5-7-13-18(16(21(22)23)11-25-19(13)17)14-10-20-15-8-4-3-6-12(14)15/h3-10,16,18,20H,2,11H2,1H3/t16-,18+/m0/s1. The number of ether oxygens (including phenoxy) is 2. The van der Waals surface area contributed by atoms with Gasteiger partial charge in [0.25, 0.3) is 6.04 Å². The summed E-state index contributed by atoms with van der Waals surface area (Å²) in [7, 11) is 0. The Bertz CT molecular complexity index is 934. The molecule has 0 saturated heterocycles. The van der Waals surface area contributed by atoms with Gasteiger partial charge in [-0.2, -0.15) is 0 Å². The minimum absolute atomic E-state index is 0.0221. The monoisotopic (exact) mass is 338 g/mol. The van der Waals surface area contributed by atoms with E-state index in [1.807, 2.05) is 55.6 Å². The number of para-hydroxylation sites is 2. The first-order valence-electron chi connectivity index (χ1n) is 8.28. The maximum absolute atomic E-state index is 11.7. The van der Waals surface area contributed by atoms with Gasteiger partial charge in [-0.3, -0.25) is 10.1 Å². The Balaban J connectivity index is 1.92. The van der Waals surface area contributed by atoms with Crippen molar-refractivity contribution >= 4 is 10.9 Å². The molecular weight excluding hydrogens is 320 g/mol. The molecule has 128 valence electrons. The van der Waals surface area contributed by atoms with E-state index >= 15 is 0 Å². The number of hydrogen-bond donors (Lipinski definition) is 1. The molecule has 2 aromatic carbocycles. The third-order valence-corrected chi connectivity index (χ3v) is 4.65. The molecule has 0 aliphatic carbocycles. The molecule has 25 heavy (non-hydrogen) atoms. The van der Waals surface area contributed by atoms with Crippen molar-refractivity contribution in [2.24, 2.45) is 0 Å². The second-order valence-electron chi connectivity index (χ2n) is 6.04. The first-order valence-corrected chi connectivity index (χ1v) is 8.28. The maximum Gasteiger partial charge on any atom is 0.257 e. The van der Waals surface area contributed by atoms with Gasteiger partial charge in [-0.25, -0.2) is 0 Å². The molecule has 6 nitrogen and oxygen atoms in total. The van der Waals surface area contributed by atoms with Crippen molar-refractivity contribution in [3.05, 3.63) is 69.9 Å². The number of nitrogens with zero attached hydrogens (tertiary/aromatic N) is 1. The predicted octanol–water partition coefficient (Wildman–Crippen LogP) is 3.74. The second-order valence-corrected chi connectivity index (χ2v) is 6.04. The Kier molecular flexibility index (Phi) is 3.80.